The Bertz CT molecular complexity index is 1550. The number of fused-ring (bicyclic) bond motifs is 1. The number of hydrogen-bond donors (Lipinski definition) is 2. The Hall–Kier alpha value is -4.28. The molecule has 0 bridgehead atoms. The van der Waals surface area contributed by atoms with E-state index in [1.807, 2.05) is 19.1 Å². The molecule has 0 saturated carbocycles. The molecular formula is C34H37N5O2. The molecule has 3 aromatic rings. The molecule has 1 unspecified atom stereocenters. The van der Waals surface area contributed by atoms with Crippen LogP contribution in [0.25, 0.3) is 6.08 Å². The van der Waals surface area contributed by atoms with Crippen LogP contribution in [0.3, 0.4) is 0 Å². The molecule has 2 aromatic heterocycles. The second-order valence-electron chi connectivity index (χ2n) is 11.1. The zero-order valence-corrected chi connectivity index (χ0v) is 24.3. The van der Waals surface area contributed by atoms with Gasteiger partial charge in [0.05, 0.1) is 35.4 Å². The summed E-state index contributed by atoms with van der Waals surface area (Å²) in [5.74, 6) is 6.51. The van der Waals surface area contributed by atoms with Crippen LogP contribution in [0, 0.1) is 24.7 Å². The molecule has 2 atom stereocenters. The SMILES string of the molecule is CCc1ccc(C#CC2=Cc3cc(C(=O)Nc4cc(NC(=O)CN5CCC[C@@H]5C)cnc4C)cnc3CC2C)cc1. The van der Waals surface area contributed by atoms with E-state index in [1.165, 1.54) is 5.56 Å². The van der Waals surface area contributed by atoms with Crippen LogP contribution in [0.5, 0.6) is 0 Å². The molecular weight excluding hydrogens is 510 g/mol. The van der Waals surface area contributed by atoms with Crippen molar-refractivity contribution in [1.29, 1.82) is 0 Å². The van der Waals surface area contributed by atoms with E-state index in [0.717, 1.165) is 54.6 Å². The highest BCUT2D eigenvalue weighted by Gasteiger charge is 2.23. The number of nitrogens with one attached hydrogen (secondary N) is 2. The second kappa shape index (κ2) is 12.5. The van der Waals surface area contributed by atoms with E-state index in [-0.39, 0.29) is 17.7 Å². The Balaban J connectivity index is 1.29. The lowest BCUT2D eigenvalue weighted by atomic mass is 9.87. The van der Waals surface area contributed by atoms with Gasteiger partial charge < -0.3 is 10.6 Å². The highest BCUT2D eigenvalue weighted by molar-refractivity contribution is 6.05. The molecule has 2 aliphatic rings. The molecule has 0 spiro atoms. The van der Waals surface area contributed by atoms with Crippen molar-refractivity contribution >= 4 is 29.3 Å². The van der Waals surface area contributed by atoms with Crippen molar-refractivity contribution in [3.63, 3.8) is 0 Å². The zero-order valence-electron chi connectivity index (χ0n) is 24.3. The molecule has 1 fully saturated rings. The maximum Gasteiger partial charge on any atom is 0.257 e. The fourth-order valence-electron chi connectivity index (χ4n) is 5.30. The molecule has 1 aromatic carbocycles. The molecule has 7 nitrogen and oxygen atoms in total. The molecule has 3 heterocycles. The number of benzene rings is 1. The van der Waals surface area contributed by atoms with Gasteiger partial charge in [0.1, 0.15) is 0 Å². The van der Waals surface area contributed by atoms with Gasteiger partial charge in [0.2, 0.25) is 5.91 Å². The molecule has 1 aliphatic carbocycles. The van der Waals surface area contributed by atoms with E-state index in [4.69, 9.17) is 0 Å². The van der Waals surface area contributed by atoms with Gasteiger partial charge in [0.15, 0.2) is 0 Å². The van der Waals surface area contributed by atoms with Crippen molar-refractivity contribution in [3.8, 4) is 11.8 Å². The van der Waals surface area contributed by atoms with Gasteiger partial charge in [-0.3, -0.25) is 24.5 Å². The first kappa shape index (κ1) is 28.3. The van der Waals surface area contributed by atoms with Gasteiger partial charge >= 0.3 is 0 Å². The van der Waals surface area contributed by atoms with Crippen LogP contribution in [0.15, 0.2) is 54.4 Å². The van der Waals surface area contributed by atoms with Gasteiger partial charge in [-0.25, -0.2) is 0 Å². The highest BCUT2D eigenvalue weighted by Crippen LogP contribution is 2.28. The fraction of sp³-hybridized carbons (Fsp3) is 0.353. The molecule has 210 valence electrons. The molecule has 7 heteroatoms. The lowest BCUT2D eigenvalue weighted by molar-refractivity contribution is -0.117. The van der Waals surface area contributed by atoms with Gasteiger partial charge in [-0.2, -0.15) is 0 Å². The number of carbonyl (C=O) groups excluding carboxylic acids is 2. The summed E-state index contributed by atoms with van der Waals surface area (Å²) in [6, 6.07) is 12.4. The fourth-order valence-corrected chi connectivity index (χ4v) is 5.30. The third-order valence-electron chi connectivity index (χ3n) is 7.98. The normalized spacial score (nSPS) is 18.1. The average Bonchev–Trinajstić information content (AvgIpc) is 3.37. The summed E-state index contributed by atoms with van der Waals surface area (Å²) in [7, 11) is 0. The van der Waals surface area contributed by atoms with Crippen LogP contribution >= 0.6 is 0 Å². The van der Waals surface area contributed by atoms with E-state index in [0.29, 0.717) is 35.2 Å². The zero-order chi connectivity index (χ0) is 28.9. The number of likely N-dealkylation sites (tertiary alicyclic amines) is 1. The molecule has 5 rings (SSSR count). The first-order valence-corrected chi connectivity index (χ1v) is 14.4. The summed E-state index contributed by atoms with van der Waals surface area (Å²) in [6.07, 6.45) is 9.29. The van der Waals surface area contributed by atoms with Gasteiger partial charge in [-0.05, 0) is 93.5 Å². The predicted molar refractivity (Wildman–Crippen MR) is 164 cm³/mol. The number of amides is 2. The minimum Gasteiger partial charge on any atom is -0.324 e. The van der Waals surface area contributed by atoms with Crippen molar-refractivity contribution < 1.29 is 9.59 Å². The van der Waals surface area contributed by atoms with Crippen LogP contribution in [0.2, 0.25) is 0 Å². The molecule has 1 aliphatic heterocycles. The number of aryl methyl sites for hydroxylation is 2. The van der Waals surface area contributed by atoms with Crippen molar-refractivity contribution in [2.75, 3.05) is 23.7 Å². The molecule has 41 heavy (non-hydrogen) atoms. The Labute approximate surface area is 242 Å². The highest BCUT2D eigenvalue weighted by atomic mass is 16.2. The number of anilines is 2. The second-order valence-corrected chi connectivity index (χ2v) is 11.1. The minimum atomic E-state index is -0.282. The summed E-state index contributed by atoms with van der Waals surface area (Å²) < 4.78 is 0. The van der Waals surface area contributed by atoms with Crippen LogP contribution in [-0.4, -0.2) is 45.8 Å². The summed E-state index contributed by atoms with van der Waals surface area (Å²) in [6.45, 7) is 9.55. The van der Waals surface area contributed by atoms with Crippen molar-refractivity contribution in [2.45, 2.75) is 59.4 Å². The Morgan fingerprint density at radius 1 is 1.05 bits per heavy atom. The molecule has 1 saturated heterocycles. The van der Waals surface area contributed by atoms with Crippen LogP contribution in [0.1, 0.15) is 72.0 Å². The maximum atomic E-state index is 13.2. The smallest absolute Gasteiger partial charge is 0.257 e. The third kappa shape index (κ3) is 6.90. The lowest BCUT2D eigenvalue weighted by Gasteiger charge is -2.20. The number of nitrogens with zero attached hydrogens (tertiary/aromatic N) is 3. The Morgan fingerprint density at radius 2 is 1.85 bits per heavy atom. The van der Waals surface area contributed by atoms with Gasteiger partial charge in [0.25, 0.3) is 5.91 Å². The summed E-state index contributed by atoms with van der Waals surface area (Å²) in [5, 5.41) is 5.87. The molecule has 0 radical (unpaired) electrons. The van der Waals surface area contributed by atoms with Crippen LogP contribution in [-0.2, 0) is 17.6 Å². The van der Waals surface area contributed by atoms with Gasteiger partial charge in [-0.15, -0.1) is 0 Å². The summed E-state index contributed by atoms with van der Waals surface area (Å²) >= 11 is 0. The Morgan fingerprint density at radius 3 is 2.59 bits per heavy atom. The quantitative estimate of drug-likeness (QED) is 0.390. The van der Waals surface area contributed by atoms with E-state index >= 15 is 0 Å². The Kier molecular flexibility index (Phi) is 8.61. The summed E-state index contributed by atoms with van der Waals surface area (Å²) in [4.78, 5) is 37.0. The van der Waals surface area contributed by atoms with Crippen LogP contribution < -0.4 is 10.6 Å². The molecule has 2 N–H and O–H groups in total. The first-order valence-electron chi connectivity index (χ1n) is 14.4. The maximum absolute atomic E-state index is 13.2. The number of carbonyl (C=O) groups is 2. The van der Waals surface area contributed by atoms with Crippen molar-refractivity contribution in [1.82, 2.24) is 14.9 Å². The minimum absolute atomic E-state index is 0.0848. The van der Waals surface area contributed by atoms with Crippen LogP contribution in [0.4, 0.5) is 11.4 Å². The number of hydrogen-bond acceptors (Lipinski definition) is 5. The average molecular weight is 548 g/mol. The summed E-state index contributed by atoms with van der Waals surface area (Å²) in [5.41, 5.74) is 7.39. The van der Waals surface area contributed by atoms with E-state index < -0.39 is 0 Å². The topological polar surface area (TPSA) is 87.2 Å². The monoisotopic (exact) mass is 547 g/mol. The predicted octanol–water partition coefficient (Wildman–Crippen LogP) is 5.65. The van der Waals surface area contributed by atoms with E-state index in [1.54, 1.807) is 18.5 Å². The largest absolute Gasteiger partial charge is 0.324 e. The van der Waals surface area contributed by atoms with Crippen molar-refractivity contribution in [3.05, 3.63) is 88.0 Å². The van der Waals surface area contributed by atoms with Gasteiger partial charge in [0, 0.05) is 29.1 Å². The lowest BCUT2D eigenvalue weighted by Crippen LogP contribution is -2.35. The first-order chi connectivity index (χ1) is 19.8. The van der Waals surface area contributed by atoms with E-state index in [9.17, 15) is 9.59 Å². The standard InChI is InChI=1S/C34H37N5O2/c1-5-25-8-10-26(11-9-25)12-13-27-16-28-17-29(19-36-32(28)15-22(27)2)34(41)38-31-18-30(20-35-24(31)4)37-33(40)21-39-14-6-7-23(39)3/h8-11,16-20,22-23H,5-7,14-15,21H2,1-4H3,(H,37,40)(H,38,41)/t22?,23-/m0/s1. The number of rotatable bonds is 6. The number of aromatic nitrogens is 2. The van der Waals surface area contributed by atoms with E-state index in [2.05, 4.69) is 82.4 Å². The van der Waals surface area contributed by atoms with Gasteiger partial charge in [-0.1, -0.05) is 37.8 Å². The number of allylic oxidation sites excluding steroid dienone is 1. The number of pyridine rings is 2. The molecule has 2 amide bonds. The van der Waals surface area contributed by atoms with Crippen molar-refractivity contribution in [2.24, 2.45) is 5.92 Å². The third-order valence-corrected chi connectivity index (χ3v) is 7.98.